The van der Waals surface area contributed by atoms with E-state index in [1.54, 1.807) is 25.3 Å². The van der Waals surface area contributed by atoms with Crippen LogP contribution in [0.1, 0.15) is 43.7 Å². The lowest BCUT2D eigenvalue weighted by Crippen LogP contribution is -2.02. The molecule has 3 heteroatoms. The summed E-state index contributed by atoms with van der Waals surface area (Å²) in [6.07, 6.45) is 6.27. The van der Waals surface area contributed by atoms with Crippen molar-refractivity contribution in [2.45, 2.75) is 26.9 Å². The molecule has 1 heterocycles. The summed E-state index contributed by atoms with van der Waals surface area (Å²) in [6, 6.07) is 1.87. The number of hydrogen-bond acceptors (Lipinski definition) is 2. The molecule has 0 aliphatic heterocycles. The smallest absolute Gasteiger partial charge is 0.102 e. The van der Waals surface area contributed by atoms with Crippen molar-refractivity contribution >= 4 is 23.8 Å². The van der Waals surface area contributed by atoms with E-state index in [1.807, 2.05) is 26.0 Å². The van der Waals surface area contributed by atoms with Gasteiger partial charge in [-0.05, 0) is 44.6 Å². The predicted molar refractivity (Wildman–Crippen MR) is 87.4 cm³/mol. The van der Waals surface area contributed by atoms with E-state index in [2.05, 4.69) is 18.1 Å². The van der Waals surface area contributed by atoms with Gasteiger partial charge < -0.3 is 5.11 Å². The second-order valence-electron chi connectivity index (χ2n) is 4.82. The molecule has 20 heavy (non-hydrogen) atoms. The van der Waals surface area contributed by atoms with Gasteiger partial charge in [0, 0.05) is 22.4 Å². The van der Waals surface area contributed by atoms with Gasteiger partial charge in [-0.25, -0.2) is 0 Å². The maximum atomic E-state index is 10.3. The number of halogens is 1. The Morgan fingerprint density at radius 1 is 1.40 bits per heavy atom. The van der Waals surface area contributed by atoms with Gasteiger partial charge in [0.2, 0.25) is 0 Å². The third-order valence-electron chi connectivity index (χ3n) is 2.74. The quantitative estimate of drug-likeness (QED) is 0.784. The van der Waals surface area contributed by atoms with Crippen LogP contribution in [0.3, 0.4) is 0 Å². The lowest BCUT2D eigenvalue weighted by molar-refractivity contribution is 0.215. The minimum Gasteiger partial charge on any atom is -0.384 e. The van der Waals surface area contributed by atoms with Crippen LogP contribution in [-0.4, -0.2) is 10.1 Å². The molecule has 0 spiro atoms. The number of pyridine rings is 1. The molecule has 1 unspecified atom stereocenters. The Kier molecular flexibility index (Phi) is 5.93. The van der Waals surface area contributed by atoms with Crippen LogP contribution >= 0.6 is 11.6 Å². The largest absolute Gasteiger partial charge is 0.384 e. The molecule has 0 amide bonds. The van der Waals surface area contributed by atoms with Crippen LogP contribution in [0, 0.1) is 0 Å². The Hall–Kier alpha value is -1.64. The van der Waals surface area contributed by atoms with Gasteiger partial charge in [0.05, 0.1) is 5.69 Å². The zero-order valence-electron chi connectivity index (χ0n) is 12.2. The molecule has 1 atom stereocenters. The number of rotatable bonds is 5. The Balaban J connectivity index is 3.24. The van der Waals surface area contributed by atoms with Crippen LogP contribution in [0.4, 0.5) is 0 Å². The molecule has 0 aliphatic rings. The molecule has 2 nitrogen and oxygen atoms in total. The van der Waals surface area contributed by atoms with E-state index in [1.165, 1.54) is 0 Å². The first-order chi connectivity index (χ1) is 9.35. The molecule has 1 rings (SSSR count). The van der Waals surface area contributed by atoms with Crippen molar-refractivity contribution in [1.82, 2.24) is 4.98 Å². The van der Waals surface area contributed by atoms with Crippen molar-refractivity contribution in [3.63, 3.8) is 0 Å². The van der Waals surface area contributed by atoms with Crippen molar-refractivity contribution < 1.29 is 5.11 Å². The van der Waals surface area contributed by atoms with Crippen molar-refractivity contribution in [1.29, 1.82) is 0 Å². The van der Waals surface area contributed by atoms with Crippen LogP contribution in [0.5, 0.6) is 0 Å². The van der Waals surface area contributed by atoms with Gasteiger partial charge >= 0.3 is 0 Å². The Labute approximate surface area is 125 Å². The number of aromatic nitrogens is 1. The van der Waals surface area contributed by atoms with E-state index in [-0.39, 0.29) is 0 Å². The maximum Gasteiger partial charge on any atom is 0.102 e. The minimum absolute atomic E-state index is 0.649. The van der Waals surface area contributed by atoms with E-state index in [9.17, 15) is 5.11 Å². The monoisotopic (exact) mass is 289 g/mol. The van der Waals surface area contributed by atoms with E-state index < -0.39 is 6.10 Å². The molecule has 106 valence electrons. The van der Waals surface area contributed by atoms with Gasteiger partial charge in [0.25, 0.3) is 0 Å². The van der Waals surface area contributed by atoms with Crippen LogP contribution in [0.25, 0.3) is 12.2 Å². The first-order valence-electron chi connectivity index (χ1n) is 6.33. The van der Waals surface area contributed by atoms with Crippen molar-refractivity contribution in [3.8, 4) is 0 Å². The zero-order valence-corrected chi connectivity index (χ0v) is 12.9. The first-order valence-corrected chi connectivity index (χ1v) is 6.71. The lowest BCUT2D eigenvalue weighted by Gasteiger charge is -2.13. The summed E-state index contributed by atoms with van der Waals surface area (Å²) in [6.45, 7) is 13.1. The van der Waals surface area contributed by atoms with Gasteiger partial charge in [-0.15, -0.1) is 0 Å². The molecule has 0 bridgehead atoms. The Morgan fingerprint density at radius 3 is 2.55 bits per heavy atom. The minimum atomic E-state index is -0.708. The average molecular weight is 290 g/mol. The maximum absolute atomic E-state index is 10.3. The van der Waals surface area contributed by atoms with Gasteiger partial charge in [0.1, 0.15) is 6.10 Å². The Morgan fingerprint density at radius 2 is 2.05 bits per heavy atom. The molecule has 1 aromatic heterocycles. The molecular formula is C17H20ClNO. The Bertz CT molecular complexity index is 581. The fourth-order valence-electron chi connectivity index (χ4n) is 1.89. The molecule has 1 N–H and O–H groups in total. The van der Waals surface area contributed by atoms with Crippen LogP contribution in [0.2, 0.25) is 0 Å². The molecule has 0 radical (unpaired) electrons. The third kappa shape index (κ3) is 4.48. The van der Waals surface area contributed by atoms with Crippen LogP contribution < -0.4 is 0 Å². The van der Waals surface area contributed by atoms with Crippen molar-refractivity contribution in [2.75, 3.05) is 0 Å². The van der Waals surface area contributed by atoms with E-state index in [4.69, 9.17) is 11.6 Å². The number of nitrogens with zero attached hydrogens (tertiary/aromatic N) is 1. The van der Waals surface area contributed by atoms with Crippen LogP contribution in [-0.2, 0) is 0 Å². The molecule has 0 aromatic carbocycles. The van der Waals surface area contributed by atoms with Gasteiger partial charge in [0.15, 0.2) is 0 Å². The van der Waals surface area contributed by atoms with Crippen molar-refractivity contribution in [2.24, 2.45) is 0 Å². The molecule has 0 saturated heterocycles. The predicted octanol–water partition coefficient (Wildman–Crippen LogP) is 4.88. The number of allylic oxidation sites excluding steroid dienone is 3. The van der Waals surface area contributed by atoms with Gasteiger partial charge in [-0.1, -0.05) is 36.4 Å². The highest BCUT2D eigenvalue weighted by Crippen LogP contribution is 2.25. The van der Waals surface area contributed by atoms with E-state index >= 15 is 0 Å². The summed E-state index contributed by atoms with van der Waals surface area (Å²) in [4.78, 5) is 4.30. The molecule has 0 saturated carbocycles. The fraction of sp³-hybridized carbons (Fsp3) is 0.235. The number of aliphatic hydroxyl groups excluding tert-OH is 1. The summed E-state index contributed by atoms with van der Waals surface area (Å²) >= 11 is 5.92. The highest BCUT2D eigenvalue weighted by Gasteiger charge is 2.12. The lowest BCUT2D eigenvalue weighted by atomic mass is 10.00. The second-order valence-corrected chi connectivity index (χ2v) is 5.41. The van der Waals surface area contributed by atoms with Crippen molar-refractivity contribution in [3.05, 3.63) is 64.5 Å². The van der Waals surface area contributed by atoms with Gasteiger partial charge in [-0.3, -0.25) is 4.98 Å². The number of aliphatic hydroxyl groups is 1. The van der Waals surface area contributed by atoms with E-state index in [0.717, 1.165) is 28.0 Å². The highest BCUT2D eigenvalue weighted by molar-refractivity contribution is 6.31. The van der Waals surface area contributed by atoms with Gasteiger partial charge in [-0.2, -0.15) is 0 Å². The summed E-state index contributed by atoms with van der Waals surface area (Å²) in [5, 5.41) is 11.0. The fourth-order valence-corrected chi connectivity index (χ4v) is 2.01. The molecule has 1 aromatic rings. The summed E-state index contributed by atoms with van der Waals surface area (Å²) in [5.74, 6) is 0. The highest BCUT2D eigenvalue weighted by atomic mass is 35.5. The topological polar surface area (TPSA) is 33.1 Å². The standard InChI is InChI=1S/C17H20ClNO/c1-6-16-14(8-13(5)18)9-15(10-19-16)17(20)12(4)7-11(2)3/h6-10,17,20H,1-2H2,3-5H3/b12-7+,13-8+. The third-order valence-corrected chi connectivity index (χ3v) is 2.85. The van der Waals surface area contributed by atoms with Crippen LogP contribution in [0.15, 0.2) is 47.7 Å². The number of hydrogen-bond donors (Lipinski definition) is 1. The zero-order chi connectivity index (χ0) is 15.3. The molecular weight excluding hydrogens is 270 g/mol. The summed E-state index contributed by atoms with van der Waals surface area (Å²) in [5.41, 5.74) is 4.02. The second kappa shape index (κ2) is 7.22. The molecule has 0 aliphatic carbocycles. The molecule has 0 fully saturated rings. The average Bonchev–Trinajstić information content (AvgIpc) is 2.36. The first kappa shape index (κ1) is 16.4. The SMILES string of the molecule is C=Cc1ncc(C(O)/C(C)=C/C(=C)C)cc1/C=C(\C)Cl. The van der Waals surface area contributed by atoms with E-state index in [0.29, 0.717) is 5.03 Å². The normalized spacial score (nSPS) is 14.1. The summed E-state index contributed by atoms with van der Waals surface area (Å²) < 4.78 is 0. The summed E-state index contributed by atoms with van der Waals surface area (Å²) in [7, 11) is 0.